The lowest BCUT2D eigenvalue weighted by Crippen LogP contribution is -2.38. The fraction of sp³-hybridized carbons (Fsp3) is 0.476. The van der Waals surface area contributed by atoms with E-state index in [-0.39, 0.29) is 24.5 Å². The number of carbonyl (C=O) groups excluding carboxylic acids is 2. The molecule has 166 valence electrons. The summed E-state index contributed by atoms with van der Waals surface area (Å²) in [7, 11) is 0. The Morgan fingerprint density at radius 1 is 1.29 bits per heavy atom. The summed E-state index contributed by atoms with van der Waals surface area (Å²) in [6, 6.07) is 5.33. The molecule has 0 unspecified atom stereocenters. The Labute approximate surface area is 189 Å². The number of nitrogens with one attached hydrogen (secondary N) is 1. The van der Waals surface area contributed by atoms with Gasteiger partial charge in [-0.05, 0) is 37.8 Å². The number of nitrogens with zero attached hydrogens (tertiary/aromatic N) is 2. The number of thiazole rings is 1. The van der Waals surface area contributed by atoms with Crippen molar-refractivity contribution in [3.05, 3.63) is 24.4 Å². The number of anilines is 2. The van der Waals surface area contributed by atoms with E-state index in [1.54, 1.807) is 18.0 Å². The minimum atomic E-state index is -0.267. The Hall–Kier alpha value is -2.46. The fourth-order valence-corrected chi connectivity index (χ4v) is 5.35. The number of ether oxygens (including phenoxy) is 3. The predicted molar refractivity (Wildman–Crippen MR) is 120 cm³/mol. The number of hydrogen-bond acceptors (Lipinski definition) is 8. The molecule has 1 aliphatic heterocycles. The van der Waals surface area contributed by atoms with E-state index in [9.17, 15) is 9.59 Å². The predicted octanol–water partition coefficient (Wildman–Crippen LogP) is 4.76. The molecule has 0 saturated heterocycles. The van der Waals surface area contributed by atoms with E-state index in [0.29, 0.717) is 35.7 Å². The van der Waals surface area contributed by atoms with E-state index in [0.717, 1.165) is 22.7 Å². The first-order chi connectivity index (χ1) is 15.1. The number of carbonyl (C=O) groups is 2. The van der Waals surface area contributed by atoms with E-state index in [4.69, 9.17) is 14.2 Å². The number of thioether (sulfide) groups is 1. The zero-order chi connectivity index (χ0) is 21.6. The largest absolute Gasteiger partial charge is 0.465 e. The number of urea groups is 1. The summed E-state index contributed by atoms with van der Waals surface area (Å²) < 4.78 is 16.7. The highest BCUT2D eigenvalue weighted by Crippen LogP contribution is 2.37. The summed E-state index contributed by atoms with van der Waals surface area (Å²) in [5, 5.41) is 3.40. The van der Waals surface area contributed by atoms with Crippen molar-refractivity contribution in [2.75, 3.05) is 35.9 Å². The number of rotatable bonds is 8. The van der Waals surface area contributed by atoms with Crippen LogP contribution >= 0.6 is 23.1 Å². The van der Waals surface area contributed by atoms with Crippen molar-refractivity contribution in [3.63, 3.8) is 0 Å². The van der Waals surface area contributed by atoms with Gasteiger partial charge < -0.3 is 14.2 Å². The van der Waals surface area contributed by atoms with Crippen LogP contribution in [-0.2, 0) is 9.53 Å². The third kappa shape index (κ3) is 5.62. The zero-order valence-corrected chi connectivity index (χ0v) is 18.9. The minimum absolute atomic E-state index is 0.193. The maximum Gasteiger partial charge on any atom is 0.328 e. The monoisotopic (exact) mass is 463 g/mol. The Morgan fingerprint density at radius 3 is 2.90 bits per heavy atom. The normalized spacial score (nSPS) is 15.1. The molecule has 8 nitrogen and oxygen atoms in total. The van der Waals surface area contributed by atoms with Crippen molar-refractivity contribution < 1.29 is 23.8 Å². The second-order valence-corrected chi connectivity index (χ2v) is 9.61. The van der Waals surface area contributed by atoms with Gasteiger partial charge in [0.05, 0.1) is 22.8 Å². The molecule has 1 aromatic heterocycles. The first kappa shape index (κ1) is 21.8. The molecule has 0 bridgehead atoms. The van der Waals surface area contributed by atoms with Gasteiger partial charge in [-0.3, -0.25) is 15.0 Å². The molecule has 4 rings (SSSR count). The first-order valence-electron chi connectivity index (χ1n) is 10.3. The average Bonchev–Trinajstić information content (AvgIpc) is 3.52. The number of aromatic nitrogens is 1. The van der Waals surface area contributed by atoms with Crippen LogP contribution in [0.2, 0.25) is 0 Å². The van der Waals surface area contributed by atoms with E-state index >= 15 is 0 Å². The molecule has 2 heterocycles. The SMILES string of the molecule is CCOC(=O)CSc1cnc(NC(=O)N(CC2CCCC2)c2ccc3c(c2)OCO3)s1. The van der Waals surface area contributed by atoms with Gasteiger partial charge in [-0.1, -0.05) is 24.2 Å². The number of fused-ring (bicyclic) bond motifs is 1. The van der Waals surface area contributed by atoms with Crippen LogP contribution in [0.5, 0.6) is 11.5 Å². The van der Waals surface area contributed by atoms with Gasteiger partial charge in [-0.15, -0.1) is 11.8 Å². The van der Waals surface area contributed by atoms with Crippen LogP contribution in [-0.4, -0.2) is 42.7 Å². The molecule has 2 aliphatic rings. The minimum Gasteiger partial charge on any atom is -0.465 e. The lowest BCUT2D eigenvalue weighted by atomic mass is 10.1. The third-order valence-corrected chi connectivity index (χ3v) is 7.25. The van der Waals surface area contributed by atoms with Crippen LogP contribution in [0.25, 0.3) is 0 Å². The molecular weight excluding hydrogens is 438 g/mol. The van der Waals surface area contributed by atoms with Gasteiger partial charge in [0, 0.05) is 18.3 Å². The number of esters is 1. The molecule has 0 spiro atoms. The van der Waals surface area contributed by atoms with Gasteiger partial charge in [-0.2, -0.15) is 0 Å². The van der Waals surface area contributed by atoms with Gasteiger partial charge in [0.2, 0.25) is 6.79 Å². The highest BCUT2D eigenvalue weighted by molar-refractivity contribution is 8.01. The van der Waals surface area contributed by atoms with Crippen molar-refractivity contribution in [1.29, 1.82) is 0 Å². The van der Waals surface area contributed by atoms with Gasteiger partial charge >= 0.3 is 12.0 Å². The Kier molecular flexibility index (Phi) is 7.18. The number of amides is 2. The second-order valence-electron chi connectivity index (χ2n) is 7.31. The molecule has 2 amide bonds. The van der Waals surface area contributed by atoms with E-state index in [1.165, 1.54) is 35.9 Å². The van der Waals surface area contributed by atoms with Gasteiger partial charge in [0.25, 0.3) is 0 Å². The Morgan fingerprint density at radius 2 is 2.10 bits per heavy atom. The van der Waals surface area contributed by atoms with Crippen LogP contribution < -0.4 is 19.7 Å². The Balaban J connectivity index is 1.44. The van der Waals surface area contributed by atoms with Crippen LogP contribution in [0.3, 0.4) is 0 Å². The highest BCUT2D eigenvalue weighted by Gasteiger charge is 2.26. The molecule has 31 heavy (non-hydrogen) atoms. The molecule has 1 aliphatic carbocycles. The molecule has 1 aromatic carbocycles. The second kappa shape index (κ2) is 10.2. The van der Waals surface area contributed by atoms with Gasteiger partial charge in [0.1, 0.15) is 0 Å². The maximum absolute atomic E-state index is 13.2. The summed E-state index contributed by atoms with van der Waals surface area (Å²) in [6.45, 7) is 2.97. The third-order valence-electron chi connectivity index (χ3n) is 5.16. The molecule has 10 heteroatoms. The van der Waals surface area contributed by atoms with Gasteiger partial charge in [-0.25, -0.2) is 9.78 Å². The molecule has 1 saturated carbocycles. The van der Waals surface area contributed by atoms with Crippen LogP contribution in [0.4, 0.5) is 15.6 Å². The first-order valence-corrected chi connectivity index (χ1v) is 12.1. The summed E-state index contributed by atoms with van der Waals surface area (Å²) in [5.41, 5.74) is 0.766. The lowest BCUT2D eigenvalue weighted by molar-refractivity contribution is -0.139. The fourth-order valence-electron chi connectivity index (χ4n) is 3.69. The standard InChI is InChI=1S/C21H25N3O5S2/c1-2-27-18(25)12-30-19-10-22-20(31-19)23-21(26)24(11-14-5-3-4-6-14)15-7-8-16-17(9-15)29-13-28-16/h7-10,14H,2-6,11-13H2,1H3,(H,22,23,26). The van der Waals surface area contributed by atoms with Crippen LogP contribution in [0.1, 0.15) is 32.6 Å². The van der Waals surface area contributed by atoms with Crippen molar-refractivity contribution in [2.24, 2.45) is 5.92 Å². The summed E-state index contributed by atoms with van der Waals surface area (Å²) >= 11 is 2.68. The van der Waals surface area contributed by atoms with Crippen molar-refractivity contribution in [3.8, 4) is 11.5 Å². The molecule has 0 radical (unpaired) electrons. The molecule has 1 N–H and O–H groups in total. The summed E-state index contributed by atoms with van der Waals surface area (Å²) in [6.07, 6.45) is 6.32. The van der Waals surface area contributed by atoms with Crippen LogP contribution in [0, 0.1) is 5.92 Å². The van der Waals surface area contributed by atoms with Crippen LogP contribution in [0.15, 0.2) is 28.6 Å². The average molecular weight is 464 g/mol. The Bertz CT molecular complexity index is 929. The van der Waals surface area contributed by atoms with E-state index in [2.05, 4.69) is 10.3 Å². The van der Waals surface area contributed by atoms with Crippen molar-refractivity contribution in [1.82, 2.24) is 4.98 Å². The van der Waals surface area contributed by atoms with Gasteiger partial charge in [0.15, 0.2) is 16.6 Å². The number of benzene rings is 1. The van der Waals surface area contributed by atoms with E-state index < -0.39 is 0 Å². The maximum atomic E-state index is 13.2. The van der Waals surface area contributed by atoms with E-state index in [1.807, 2.05) is 18.2 Å². The van der Waals surface area contributed by atoms with Crippen molar-refractivity contribution >= 4 is 45.9 Å². The molecule has 1 fully saturated rings. The quantitative estimate of drug-likeness (QED) is 0.446. The summed E-state index contributed by atoms with van der Waals surface area (Å²) in [5.74, 6) is 1.76. The molecular formula is C21H25N3O5S2. The molecule has 0 atom stereocenters. The van der Waals surface area contributed by atoms with Crippen molar-refractivity contribution in [2.45, 2.75) is 36.8 Å². The lowest BCUT2D eigenvalue weighted by Gasteiger charge is -2.26. The number of hydrogen-bond donors (Lipinski definition) is 1. The topological polar surface area (TPSA) is 90.0 Å². The smallest absolute Gasteiger partial charge is 0.328 e. The summed E-state index contributed by atoms with van der Waals surface area (Å²) in [4.78, 5) is 30.8. The molecule has 2 aromatic rings. The highest BCUT2D eigenvalue weighted by atomic mass is 32.2. The zero-order valence-electron chi connectivity index (χ0n) is 17.3.